The first-order valence-electron chi connectivity index (χ1n) is 6.51. The lowest BCUT2D eigenvalue weighted by molar-refractivity contribution is -0.139. The molecule has 20 heavy (non-hydrogen) atoms. The van der Waals surface area contributed by atoms with Crippen molar-refractivity contribution in [3.8, 4) is 5.75 Å². The van der Waals surface area contributed by atoms with Gasteiger partial charge in [0.1, 0.15) is 5.75 Å². The molecule has 112 valence electrons. The van der Waals surface area contributed by atoms with Gasteiger partial charge in [-0.3, -0.25) is 0 Å². The van der Waals surface area contributed by atoms with E-state index < -0.39 is 11.7 Å². The molecule has 0 radical (unpaired) electrons. The number of hydrogen-bond donors (Lipinski definition) is 1. The van der Waals surface area contributed by atoms with Crippen LogP contribution in [0.2, 0.25) is 0 Å². The molecular formula is C14H18F3NOS. The SMILES string of the molecule is COc1cc(C(F)(F)F)c(SC)cc1CC1CCCN1. The van der Waals surface area contributed by atoms with Crippen molar-refractivity contribution in [2.45, 2.75) is 36.4 Å². The first-order chi connectivity index (χ1) is 9.45. The largest absolute Gasteiger partial charge is 0.496 e. The molecule has 1 aliphatic rings. The highest BCUT2D eigenvalue weighted by atomic mass is 32.2. The molecular weight excluding hydrogens is 287 g/mol. The van der Waals surface area contributed by atoms with Gasteiger partial charge in [0.15, 0.2) is 0 Å². The van der Waals surface area contributed by atoms with Crippen LogP contribution in [0.4, 0.5) is 13.2 Å². The Labute approximate surface area is 121 Å². The van der Waals surface area contributed by atoms with Gasteiger partial charge in [0, 0.05) is 10.9 Å². The number of thioether (sulfide) groups is 1. The molecule has 6 heteroatoms. The highest BCUT2D eigenvalue weighted by Crippen LogP contribution is 2.40. The third-order valence-electron chi connectivity index (χ3n) is 3.54. The third kappa shape index (κ3) is 3.41. The van der Waals surface area contributed by atoms with Crippen LogP contribution >= 0.6 is 11.8 Å². The van der Waals surface area contributed by atoms with Gasteiger partial charge in [0.2, 0.25) is 0 Å². The average Bonchev–Trinajstić information content (AvgIpc) is 2.89. The Balaban J connectivity index is 2.36. The van der Waals surface area contributed by atoms with E-state index in [4.69, 9.17) is 4.74 Å². The van der Waals surface area contributed by atoms with Crippen molar-refractivity contribution in [2.75, 3.05) is 19.9 Å². The van der Waals surface area contributed by atoms with Gasteiger partial charge >= 0.3 is 6.18 Å². The van der Waals surface area contributed by atoms with Crippen molar-refractivity contribution in [1.82, 2.24) is 5.32 Å². The van der Waals surface area contributed by atoms with E-state index >= 15 is 0 Å². The van der Waals surface area contributed by atoms with Gasteiger partial charge in [-0.05, 0) is 49.8 Å². The minimum absolute atomic E-state index is 0.256. The van der Waals surface area contributed by atoms with Gasteiger partial charge in [-0.25, -0.2) is 0 Å². The molecule has 0 aromatic heterocycles. The van der Waals surface area contributed by atoms with Crippen LogP contribution in [0.15, 0.2) is 17.0 Å². The maximum absolute atomic E-state index is 13.0. The molecule has 1 aromatic rings. The lowest BCUT2D eigenvalue weighted by Gasteiger charge is -2.18. The summed E-state index contributed by atoms with van der Waals surface area (Å²) in [5.74, 6) is 0.323. The second kappa shape index (κ2) is 6.26. The number of methoxy groups -OCH3 is 1. The maximum Gasteiger partial charge on any atom is 0.417 e. The van der Waals surface area contributed by atoms with Crippen LogP contribution in [0.25, 0.3) is 0 Å². The van der Waals surface area contributed by atoms with Crippen LogP contribution < -0.4 is 10.1 Å². The van der Waals surface area contributed by atoms with E-state index in [0.29, 0.717) is 18.2 Å². The molecule has 1 heterocycles. The zero-order valence-corrected chi connectivity index (χ0v) is 12.3. The lowest BCUT2D eigenvalue weighted by atomic mass is 10.0. The first kappa shape index (κ1) is 15.5. The van der Waals surface area contributed by atoms with Crippen LogP contribution in [-0.2, 0) is 12.6 Å². The van der Waals surface area contributed by atoms with E-state index in [-0.39, 0.29) is 4.90 Å². The zero-order chi connectivity index (χ0) is 14.8. The summed E-state index contributed by atoms with van der Waals surface area (Å²) in [4.78, 5) is 0.256. The summed E-state index contributed by atoms with van der Waals surface area (Å²) < 4.78 is 44.2. The second-order valence-corrected chi connectivity index (χ2v) is 5.71. The van der Waals surface area contributed by atoms with Gasteiger partial charge in [-0.2, -0.15) is 13.2 Å². The number of ether oxygens (including phenoxy) is 1. The highest BCUT2D eigenvalue weighted by molar-refractivity contribution is 7.98. The summed E-state index contributed by atoms with van der Waals surface area (Å²) in [5, 5.41) is 3.35. The van der Waals surface area contributed by atoms with Crippen LogP contribution in [0.1, 0.15) is 24.0 Å². The average molecular weight is 305 g/mol. The molecule has 0 amide bonds. The molecule has 1 unspecified atom stereocenters. The molecule has 2 rings (SSSR count). The Morgan fingerprint density at radius 3 is 2.65 bits per heavy atom. The second-order valence-electron chi connectivity index (χ2n) is 4.86. The van der Waals surface area contributed by atoms with Crippen LogP contribution in [-0.4, -0.2) is 26.0 Å². The Morgan fingerprint density at radius 2 is 2.15 bits per heavy atom. The Bertz CT molecular complexity index is 470. The fourth-order valence-corrected chi connectivity index (χ4v) is 3.19. The predicted molar refractivity (Wildman–Crippen MR) is 74.5 cm³/mol. The number of benzene rings is 1. The zero-order valence-electron chi connectivity index (χ0n) is 11.5. The molecule has 0 spiro atoms. The van der Waals surface area contributed by atoms with Crippen molar-refractivity contribution in [3.05, 3.63) is 23.3 Å². The number of alkyl halides is 3. The molecule has 0 bridgehead atoms. The van der Waals surface area contributed by atoms with Crippen molar-refractivity contribution < 1.29 is 17.9 Å². The summed E-state index contributed by atoms with van der Waals surface area (Å²) in [5.41, 5.74) is 0.217. The smallest absolute Gasteiger partial charge is 0.417 e. The van der Waals surface area contributed by atoms with Crippen LogP contribution in [0.3, 0.4) is 0 Å². The van der Waals surface area contributed by atoms with Crippen LogP contribution in [0, 0.1) is 0 Å². The topological polar surface area (TPSA) is 21.3 Å². The number of rotatable bonds is 4. The minimum atomic E-state index is -4.35. The number of nitrogens with one attached hydrogen (secondary N) is 1. The fraction of sp³-hybridized carbons (Fsp3) is 0.571. The van der Waals surface area contributed by atoms with Crippen molar-refractivity contribution in [1.29, 1.82) is 0 Å². The van der Waals surface area contributed by atoms with Gasteiger partial charge in [0.25, 0.3) is 0 Å². The van der Waals surface area contributed by atoms with Crippen molar-refractivity contribution in [2.24, 2.45) is 0 Å². The fourth-order valence-electron chi connectivity index (χ4n) is 2.54. The van der Waals surface area contributed by atoms with Gasteiger partial charge in [-0.15, -0.1) is 11.8 Å². The first-order valence-corrected chi connectivity index (χ1v) is 7.73. The lowest BCUT2D eigenvalue weighted by Crippen LogP contribution is -2.24. The summed E-state index contributed by atoms with van der Waals surface area (Å²) >= 11 is 1.12. The van der Waals surface area contributed by atoms with E-state index in [9.17, 15) is 13.2 Å². The maximum atomic E-state index is 13.0. The Hall–Kier alpha value is -0.880. The quantitative estimate of drug-likeness (QED) is 0.857. The molecule has 1 aliphatic heterocycles. The molecule has 1 atom stereocenters. The Morgan fingerprint density at radius 1 is 1.40 bits per heavy atom. The third-order valence-corrected chi connectivity index (χ3v) is 4.31. The van der Waals surface area contributed by atoms with Gasteiger partial charge in [-0.1, -0.05) is 0 Å². The molecule has 1 fully saturated rings. The van der Waals surface area contributed by atoms with Crippen molar-refractivity contribution >= 4 is 11.8 Å². The molecule has 1 aromatic carbocycles. The Kier molecular flexibility index (Phi) is 4.86. The number of halogens is 3. The normalized spacial score (nSPS) is 19.4. The molecule has 1 N–H and O–H groups in total. The standard InChI is InChI=1S/C14H18F3NOS/c1-19-12-8-11(14(15,16)17)13(20-2)7-9(12)6-10-4-3-5-18-10/h7-8,10,18H,3-6H2,1-2H3. The molecule has 2 nitrogen and oxygen atoms in total. The molecule has 0 aliphatic carbocycles. The summed E-state index contributed by atoms with van der Waals surface area (Å²) in [6, 6.07) is 3.07. The van der Waals surface area contributed by atoms with E-state index in [1.54, 1.807) is 12.3 Å². The summed E-state index contributed by atoms with van der Waals surface area (Å²) in [6.45, 7) is 0.975. The van der Waals surface area contributed by atoms with E-state index in [1.165, 1.54) is 7.11 Å². The monoisotopic (exact) mass is 305 g/mol. The molecule has 1 saturated heterocycles. The summed E-state index contributed by atoms with van der Waals surface area (Å²) in [6.07, 6.45) is 0.182. The minimum Gasteiger partial charge on any atom is -0.496 e. The van der Waals surface area contributed by atoms with Gasteiger partial charge in [0.05, 0.1) is 12.7 Å². The number of hydrogen-bond acceptors (Lipinski definition) is 3. The van der Waals surface area contributed by atoms with E-state index in [1.807, 2.05) is 0 Å². The van der Waals surface area contributed by atoms with Gasteiger partial charge < -0.3 is 10.1 Å². The van der Waals surface area contributed by atoms with E-state index in [2.05, 4.69) is 5.32 Å². The van der Waals surface area contributed by atoms with E-state index in [0.717, 1.165) is 42.8 Å². The highest BCUT2D eigenvalue weighted by Gasteiger charge is 2.34. The molecule has 0 saturated carbocycles. The van der Waals surface area contributed by atoms with Crippen molar-refractivity contribution in [3.63, 3.8) is 0 Å². The van der Waals surface area contributed by atoms with Crippen LogP contribution in [0.5, 0.6) is 5.75 Å². The predicted octanol–water partition coefficient (Wildman–Crippen LogP) is 3.73. The summed E-state index contributed by atoms with van der Waals surface area (Å²) in [7, 11) is 1.42.